The second kappa shape index (κ2) is 14.7. The van der Waals surface area contributed by atoms with E-state index in [1.807, 2.05) is 0 Å². The fourth-order valence-corrected chi connectivity index (χ4v) is 11.3. The SMILES string of the molecule is c1ccc2c(c1)CCc1oc3c(C4CCc5cc6ccccc6cc5-c5ccccc54)cc(-c4nc(-c5ccc6c(ccc7ccccc76)c5)nc(-c5cccc6ccccc56)n4)cc3c1-2. The van der Waals surface area contributed by atoms with Crippen molar-refractivity contribution in [2.24, 2.45) is 0 Å². The van der Waals surface area contributed by atoms with E-state index in [0.29, 0.717) is 17.5 Å². The molecule has 66 heavy (non-hydrogen) atoms. The molecule has 0 fully saturated rings. The molecule has 0 spiro atoms. The Labute approximate surface area is 381 Å². The van der Waals surface area contributed by atoms with Gasteiger partial charge in [-0.25, -0.2) is 15.0 Å². The van der Waals surface area contributed by atoms with Gasteiger partial charge in [0, 0.05) is 45.5 Å². The molecule has 1 atom stereocenters. The van der Waals surface area contributed by atoms with Crippen LogP contribution in [0.3, 0.4) is 0 Å². The Morgan fingerprint density at radius 3 is 1.89 bits per heavy atom. The lowest BCUT2D eigenvalue weighted by atomic mass is 9.83. The van der Waals surface area contributed by atoms with Crippen LogP contribution in [0, 0.1) is 0 Å². The summed E-state index contributed by atoms with van der Waals surface area (Å²) in [6.07, 6.45) is 3.67. The maximum Gasteiger partial charge on any atom is 0.164 e. The second-order valence-corrected chi connectivity index (χ2v) is 18.1. The quantitative estimate of drug-likeness (QED) is 0.166. The lowest BCUT2D eigenvalue weighted by Gasteiger charge is -2.20. The van der Waals surface area contributed by atoms with Gasteiger partial charge in [-0.3, -0.25) is 0 Å². The standard InChI is InChI=1S/C62H41N3O/c1-2-16-41-34-54-43(32-40(41)15-1)26-30-52(50-21-9-10-22-51(50)54)55-35-45(36-56-58-49-20-8-5-14-39(49)28-31-57(58)66-59(55)56)61-63-60(64-62(65-61)53-23-11-17-37-12-3-7-19-47(37)53)44-27-29-48-42(33-44)25-24-38-13-4-6-18-46(38)48/h1-25,27,29,32-36,52H,26,28,30-31H2. The highest BCUT2D eigenvalue weighted by molar-refractivity contribution is 6.08. The van der Waals surface area contributed by atoms with E-state index in [4.69, 9.17) is 19.4 Å². The summed E-state index contributed by atoms with van der Waals surface area (Å²) >= 11 is 0. The molecule has 0 aliphatic heterocycles. The van der Waals surface area contributed by atoms with Crippen LogP contribution in [0.4, 0.5) is 0 Å². The average molecular weight is 844 g/mol. The normalized spacial score (nSPS) is 14.3. The lowest BCUT2D eigenvalue weighted by Crippen LogP contribution is -2.05. The van der Waals surface area contributed by atoms with Crippen molar-refractivity contribution in [2.75, 3.05) is 0 Å². The van der Waals surface area contributed by atoms with Crippen LogP contribution in [0.15, 0.2) is 199 Å². The number of furan rings is 1. The molecule has 1 unspecified atom stereocenters. The van der Waals surface area contributed by atoms with Crippen molar-refractivity contribution in [1.82, 2.24) is 15.0 Å². The zero-order valence-corrected chi connectivity index (χ0v) is 36.1. The third-order valence-electron chi connectivity index (χ3n) is 14.4. The molecule has 14 rings (SSSR count). The number of aryl methyl sites for hydroxylation is 3. The van der Waals surface area contributed by atoms with Gasteiger partial charge >= 0.3 is 0 Å². The molecule has 2 aliphatic carbocycles. The molecule has 0 saturated heterocycles. The zero-order chi connectivity index (χ0) is 43.3. The summed E-state index contributed by atoms with van der Waals surface area (Å²) in [4.78, 5) is 16.2. The molecule has 2 aliphatic rings. The number of nitrogens with zero attached hydrogens (tertiary/aromatic N) is 3. The minimum Gasteiger partial charge on any atom is -0.460 e. The number of hydrogen-bond acceptors (Lipinski definition) is 4. The Morgan fingerprint density at radius 1 is 0.364 bits per heavy atom. The minimum atomic E-state index is 0.0520. The first-order chi connectivity index (χ1) is 32.7. The van der Waals surface area contributed by atoms with Gasteiger partial charge in [0.15, 0.2) is 17.5 Å². The van der Waals surface area contributed by atoms with Gasteiger partial charge in [0.05, 0.1) is 0 Å². The summed E-state index contributed by atoms with van der Waals surface area (Å²) < 4.78 is 7.17. The van der Waals surface area contributed by atoms with Crippen molar-refractivity contribution in [3.63, 3.8) is 0 Å². The van der Waals surface area contributed by atoms with Gasteiger partial charge in [0.1, 0.15) is 11.3 Å². The molecule has 0 amide bonds. The first-order valence-electron chi connectivity index (χ1n) is 23.1. The highest BCUT2D eigenvalue weighted by atomic mass is 16.3. The highest BCUT2D eigenvalue weighted by Crippen LogP contribution is 2.49. The lowest BCUT2D eigenvalue weighted by molar-refractivity contribution is 0.539. The number of aromatic nitrogens is 3. The third-order valence-corrected chi connectivity index (χ3v) is 14.4. The van der Waals surface area contributed by atoms with Crippen molar-refractivity contribution in [1.29, 1.82) is 0 Å². The summed E-state index contributed by atoms with van der Waals surface area (Å²) in [7, 11) is 0. The van der Waals surface area contributed by atoms with Gasteiger partial charge in [-0.2, -0.15) is 0 Å². The second-order valence-electron chi connectivity index (χ2n) is 18.1. The van der Waals surface area contributed by atoms with E-state index in [1.165, 1.54) is 71.4 Å². The summed E-state index contributed by atoms with van der Waals surface area (Å²) in [5.41, 5.74) is 14.1. The maximum atomic E-state index is 7.17. The Balaban J connectivity index is 1.03. The van der Waals surface area contributed by atoms with Crippen LogP contribution in [-0.4, -0.2) is 15.0 Å². The fourth-order valence-electron chi connectivity index (χ4n) is 11.3. The molecule has 0 radical (unpaired) electrons. The molecule has 0 bridgehead atoms. The number of rotatable bonds is 4. The van der Waals surface area contributed by atoms with E-state index in [2.05, 4.69) is 194 Å². The number of benzene rings is 10. The first-order valence-corrected chi connectivity index (χ1v) is 23.1. The minimum absolute atomic E-state index is 0.0520. The molecule has 12 aromatic rings. The topological polar surface area (TPSA) is 51.8 Å². The van der Waals surface area contributed by atoms with Crippen LogP contribution in [0.1, 0.15) is 40.4 Å². The Bertz CT molecular complexity index is 3970. The molecule has 0 saturated carbocycles. The zero-order valence-electron chi connectivity index (χ0n) is 36.1. The van der Waals surface area contributed by atoms with Crippen molar-refractivity contribution in [3.8, 4) is 56.4 Å². The van der Waals surface area contributed by atoms with Gasteiger partial charge < -0.3 is 4.42 Å². The monoisotopic (exact) mass is 843 g/mol. The summed E-state index contributed by atoms with van der Waals surface area (Å²) in [5.74, 6) is 3.03. The van der Waals surface area contributed by atoms with E-state index < -0.39 is 0 Å². The largest absolute Gasteiger partial charge is 0.460 e. The molecule has 310 valence electrons. The first kappa shape index (κ1) is 37.2. The Hall–Kier alpha value is -8.21. The molecule has 10 aromatic carbocycles. The Kier molecular flexibility index (Phi) is 8.26. The van der Waals surface area contributed by atoms with Gasteiger partial charge in [0.2, 0.25) is 0 Å². The Morgan fingerprint density at radius 2 is 1.02 bits per heavy atom. The van der Waals surface area contributed by atoms with Crippen LogP contribution in [0.25, 0.3) is 110 Å². The fraction of sp³-hybridized carbons (Fsp3) is 0.0806. The summed E-state index contributed by atoms with van der Waals surface area (Å²) in [6, 6.07) is 70.6. The number of fused-ring (bicyclic) bond motifs is 13. The van der Waals surface area contributed by atoms with E-state index in [-0.39, 0.29) is 5.92 Å². The van der Waals surface area contributed by atoms with Crippen LogP contribution < -0.4 is 0 Å². The van der Waals surface area contributed by atoms with Gasteiger partial charge in [-0.05, 0) is 120 Å². The predicted octanol–water partition coefficient (Wildman–Crippen LogP) is 15.7. The highest BCUT2D eigenvalue weighted by Gasteiger charge is 2.31. The predicted molar refractivity (Wildman–Crippen MR) is 271 cm³/mol. The summed E-state index contributed by atoms with van der Waals surface area (Å²) in [5, 5.41) is 10.7. The average Bonchev–Trinajstić information content (AvgIpc) is 3.69. The van der Waals surface area contributed by atoms with E-state index in [1.54, 1.807) is 0 Å². The smallest absolute Gasteiger partial charge is 0.164 e. The van der Waals surface area contributed by atoms with Crippen LogP contribution in [0.5, 0.6) is 0 Å². The molecule has 2 heterocycles. The van der Waals surface area contributed by atoms with Crippen molar-refractivity contribution in [3.05, 3.63) is 222 Å². The molecular formula is C62H41N3O. The van der Waals surface area contributed by atoms with E-state index in [9.17, 15) is 0 Å². The van der Waals surface area contributed by atoms with Crippen LogP contribution >= 0.6 is 0 Å². The van der Waals surface area contributed by atoms with Gasteiger partial charge in [0.25, 0.3) is 0 Å². The van der Waals surface area contributed by atoms with Crippen molar-refractivity contribution >= 4 is 54.1 Å². The molecule has 2 aromatic heterocycles. The van der Waals surface area contributed by atoms with Crippen LogP contribution in [-0.2, 0) is 19.3 Å². The molecule has 4 heteroatoms. The van der Waals surface area contributed by atoms with Crippen LogP contribution in [0.2, 0.25) is 0 Å². The molecule has 0 N–H and O–H groups in total. The van der Waals surface area contributed by atoms with Gasteiger partial charge in [-0.15, -0.1) is 0 Å². The maximum absolute atomic E-state index is 7.17. The number of hydrogen-bond donors (Lipinski definition) is 0. The molecule has 4 nitrogen and oxygen atoms in total. The third kappa shape index (κ3) is 5.88. The van der Waals surface area contributed by atoms with E-state index >= 15 is 0 Å². The van der Waals surface area contributed by atoms with Crippen molar-refractivity contribution in [2.45, 2.75) is 31.6 Å². The molecular weight excluding hydrogens is 803 g/mol. The summed E-state index contributed by atoms with van der Waals surface area (Å²) in [6.45, 7) is 0. The van der Waals surface area contributed by atoms with Gasteiger partial charge in [-0.1, -0.05) is 170 Å². The van der Waals surface area contributed by atoms with E-state index in [0.717, 1.165) is 75.3 Å². The van der Waals surface area contributed by atoms with Crippen molar-refractivity contribution < 1.29 is 4.42 Å².